The van der Waals surface area contributed by atoms with Crippen LogP contribution in [0.5, 0.6) is 0 Å². The third kappa shape index (κ3) is 4.71. The molecule has 0 spiro atoms. The monoisotopic (exact) mass is 315 g/mol. The lowest BCUT2D eigenvalue weighted by Crippen LogP contribution is -2.32. The van der Waals surface area contributed by atoms with Gasteiger partial charge in [-0.25, -0.2) is 13.2 Å². The maximum absolute atomic E-state index is 12.3. The fourth-order valence-electron chi connectivity index (χ4n) is 1.71. The third-order valence-corrected chi connectivity index (χ3v) is 4.57. The number of hydrogen-bond acceptors (Lipinski definition) is 5. The number of para-hydroxylation sites is 1. The lowest BCUT2D eigenvalue weighted by atomic mass is 10.2. The zero-order chi connectivity index (χ0) is 16.0. The van der Waals surface area contributed by atoms with Crippen molar-refractivity contribution in [3.05, 3.63) is 29.8 Å². The lowest BCUT2D eigenvalue weighted by molar-refractivity contribution is 0.0601. The van der Waals surface area contributed by atoms with E-state index in [1.54, 1.807) is 18.2 Å². The van der Waals surface area contributed by atoms with Gasteiger partial charge >= 0.3 is 5.97 Å². The molecule has 7 heteroatoms. The van der Waals surface area contributed by atoms with Crippen LogP contribution in [0.3, 0.4) is 0 Å². The number of benzene rings is 1. The fraction of sp³-hybridized carbons (Fsp3) is 0.500. The molecule has 0 atom stereocenters. The molecule has 1 aromatic carbocycles. The molecule has 0 unspecified atom stereocenters. The summed E-state index contributed by atoms with van der Waals surface area (Å²) in [7, 11) is -0.909. The summed E-state index contributed by atoms with van der Waals surface area (Å²) in [4.78, 5) is 11.7. The van der Waals surface area contributed by atoms with Gasteiger partial charge in [0.05, 0.1) is 36.8 Å². The molecule has 0 aliphatic carbocycles. The standard InChI is InChI=1S/C14H21NO5S/c1-11(2)20-9-10-21(17,18)15(3)13-8-6-5-7-12(13)14(16)19-4/h5-8,11H,9-10H2,1-4H3. The normalized spacial score (nSPS) is 11.5. The Labute approximate surface area is 125 Å². The average molecular weight is 315 g/mol. The number of hydrogen-bond donors (Lipinski definition) is 0. The van der Waals surface area contributed by atoms with Crippen molar-refractivity contribution < 1.29 is 22.7 Å². The van der Waals surface area contributed by atoms with Crippen molar-refractivity contribution in [3.63, 3.8) is 0 Å². The summed E-state index contributed by atoms with van der Waals surface area (Å²) in [6.45, 7) is 3.77. The van der Waals surface area contributed by atoms with Crippen LogP contribution in [0.4, 0.5) is 5.69 Å². The van der Waals surface area contributed by atoms with E-state index in [1.807, 2.05) is 13.8 Å². The van der Waals surface area contributed by atoms with Crippen molar-refractivity contribution in [2.75, 3.05) is 30.8 Å². The van der Waals surface area contributed by atoms with Crippen LogP contribution in [0.2, 0.25) is 0 Å². The Kier molecular flexibility index (Phi) is 6.17. The molecule has 0 N–H and O–H groups in total. The van der Waals surface area contributed by atoms with E-state index in [9.17, 15) is 13.2 Å². The second-order valence-electron chi connectivity index (χ2n) is 4.71. The smallest absolute Gasteiger partial charge is 0.340 e. The van der Waals surface area contributed by atoms with Gasteiger partial charge in [0.1, 0.15) is 0 Å². The quantitative estimate of drug-likeness (QED) is 0.716. The van der Waals surface area contributed by atoms with Gasteiger partial charge in [0.25, 0.3) is 0 Å². The van der Waals surface area contributed by atoms with Crippen LogP contribution < -0.4 is 4.31 Å². The van der Waals surface area contributed by atoms with Gasteiger partial charge in [0, 0.05) is 7.05 Å². The maximum atomic E-state index is 12.3. The molecule has 1 rings (SSSR count). The van der Waals surface area contributed by atoms with Crippen LogP contribution in [-0.4, -0.2) is 47.0 Å². The zero-order valence-corrected chi connectivity index (χ0v) is 13.5. The number of ether oxygens (including phenoxy) is 2. The van der Waals surface area contributed by atoms with Crippen LogP contribution in [-0.2, 0) is 19.5 Å². The summed E-state index contributed by atoms with van der Waals surface area (Å²) < 4.78 is 35.6. The van der Waals surface area contributed by atoms with Gasteiger partial charge in [-0.1, -0.05) is 12.1 Å². The minimum absolute atomic E-state index is 0.0344. The van der Waals surface area contributed by atoms with E-state index in [4.69, 9.17) is 4.74 Å². The van der Waals surface area contributed by atoms with E-state index in [1.165, 1.54) is 20.2 Å². The number of anilines is 1. The molecule has 0 bridgehead atoms. The zero-order valence-electron chi connectivity index (χ0n) is 12.7. The van der Waals surface area contributed by atoms with Crippen LogP contribution in [0.1, 0.15) is 24.2 Å². The molecule has 0 fully saturated rings. The van der Waals surface area contributed by atoms with E-state index in [-0.39, 0.29) is 29.7 Å². The van der Waals surface area contributed by atoms with Crippen molar-refractivity contribution in [1.82, 2.24) is 0 Å². The highest BCUT2D eigenvalue weighted by Gasteiger charge is 2.23. The number of sulfonamides is 1. The topological polar surface area (TPSA) is 72.9 Å². The number of carbonyl (C=O) groups excluding carboxylic acids is 1. The fourth-order valence-corrected chi connectivity index (χ4v) is 2.75. The van der Waals surface area contributed by atoms with Gasteiger partial charge in [-0.2, -0.15) is 0 Å². The van der Waals surface area contributed by atoms with E-state index in [2.05, 4.69) is 4.74 Å². The van der Waals surface area contributed by atoms with Crippen LogP contribution in [0.25, 0.3) is 0 Å². The summed E-state index contributed by atoms with van der Waals surface area (Å²) in [6, 6.07) is 6.40. The minimum atomic E-state index is -3.57. The van der Waals surface area contributed by atoms with Gasteiger partial charge in [-0.3, -0.25) is 4.31 Å². The molecule has 0 heterocycles. The highest BCUT2D eigenvalue weighted by molar-refractivity contribution is 7.92. The maximum Gasteiger partial charge on any atom is 0.340 e. The Balaban J connectivity index is 2.97. The first-order valence-corrected chi connectivity index (χ1v) is 8.16. The molecule has 1 aromatic rings. The van der Waals surface area contributed by atoms with Gasteiger partial charge in [-0.15, -0.1) is 0 Å². The number of methoxy groups -OCH3 is 1. The van der Waals surface area contributed by atoms with Gasteiger partial charge < -0.3 is 9.47 Å². The number of carbonyl (C=O) groups is 1. The Morgan fingerprint density at radius 2 is 1.90 bits per heavy atom. The summed E-state index contributed by atoms with van der Waals surface area (Å²) >= 11 is 0. The van der Waals surface area contributed by atoms with E-state index in [0.717, 1.165) is 4.31 Å². The van der Waals surface area contributed by atoms with Crippen LogP contribution >= 0.6 is 0 Å². The lowest BCUT2D eigenvalue weighted by Gasteiger charge is -2.21. The Morgan fingerprint density at radius 1 is 1.29 bits per heavy atom. The second kappa shape index (κ2) is 7.42. The molecule has 0 aliphatic heterocycles. The number of esters is 1. The number of nitrogens with zero attached hydrogens (tertiary/aromatic N) is 1. The first-order valence-electron chi connectivity index (χ1n) is 6.55. The highest BCUT2D eigenvalue weighted by atomic mass is 32.2. The van der Waals surface area contributed by atoms with Gasteiger partial charge in [0.2, 0.25) is 10.0 Å². The van der Waals surface area contributed by atoms with E-state index >= 15 is 0 Å². The summed E-state index contributed by atoms with van der Waals surface area (Å²) in [5.41, 5.74) is 0.491. The van der Waals surface area contributed by atoms with Crippen molar-refractivity contribution in [2.45, 2.75) is 20.0 Å². The molecule has 118 valence electrons. The summed E-state index contributed by atoms with van der Waals surface area (Å²) in [5, 5.41) is 0. The van der Waals surface area contributed by atoms with Gasteiger partial charge in [-0.05, 0) is 26.0 Å². The molecule has 0 aliphatic rings. The Bertz CT molecular complexity index is 583. The molecule has 6 nitrogen and oxygen atoms in total. The van der Waals surface area contributed by atoms with Crippen LogP contribution in [0.15, 0.2) is 24.3 Å². The third-order valence-electron chi connectivity index (χ3n) is 2.86. The van der Waals surface area contributed by atoms with E-state index < -0.39 is 16.0 Å². The van der Waals surface area contributed by atoms with Crippen LogP contribution in [0, 0.1) is 0 Å². The van der Waals surface area contributed by atoms with Crippen molar-refractivity contribution in [1.29, 1.82) is 0 Å². The summed E-state index contributed by atoms with van der Waals surface area (Å²) in [5.74, 6) is -0.733. The number of rotatable bonds is 7. The largest absolute Gasteiger partial charge is 0.465 e. The van der Waals surface area contributed by atoms with Gasteiger partial charge in [0.15, 0.2) is 0 Å². The van der Waals surface area contributed by atoms with Crippen molar-refractivity contribution in [3.8, 4) is 0 Å². The molecule has 0 amide bonds. The predicted octanol–water partition coefficient (Wildman–Crippen LogP) is 1.66. The van der Waals surface area contributed by atoms with E-state index in [0.29, 0.717) is 0 Å². The molecule has 0 saturated heterocycles. The minimum Gasteiger partial charge on any atom is -0.465 e. The first-order chi connectivity index (χ1) is 9.79. The SMILES string of the molecule is COC(=O)c1ccccc1N(C)S(=O)(=O)CCOC(C)C. The predicted molar refractivity (Wildman–Crippen MR) is 81.1 cm³/mol. The highest BCUT2D eigenvalue weighted by Crippen LogP contribution is 2.22. The summed E-state index contributed by atoms with van der Waals surface area (Å²) in [6.07, 6.45) is -0.0344. The molecule has 0 aromatic heterocycles. The second-order valence-corrected chi connectivity index (χ2v) is 6.83. The molecular weight excluding hydrogens is 294 g/mol. The molecule has 21 heavy (non-hydrogen) atoms. The molecular formula is C14H21NO5S. The Hall–Kier alpha value is -1.60. The molecule has 0 radical (unpaired) electrons. The first kappa shape index (κ1) is 17.5. The molecule has 0 saturated carbocycles. The Morgan fingerprint density at radius 3 is 2.48 bits per heavy atom. The average Bonchev–Trinajstić information content (AvgIpc) is 2.45. The van der Waals surface area contributed by atoms with Crippen molar-refractivity contribution >= 4 is 21.7 Å². The van der Waals surface area contributed by atoms with Crippen molar-refractivity contribution in [2.24, 2.45) is 0 Å².